The minimum Gasteiger partial charge on any atom is -0.294 e. The van der Waals surface area contributed by atoms with Crippen LogP contribution >= 0.6 is 11.3 Å². The Kier molecular flexibility index (Phi) is 3.48. The summed E-state index contributed by atoms with van der Waals surface area (Å²) >= 11 is 1.58. The lowest BCUT2D eigenvalue weighted by molar-refractivity contribution is 0.0976. The Morgan fingerprint density at radius 2 is 2.33 bits per heavy atom. The molecule has 2 heteroatoms. The van der Waals surface area contributed by atoms with E-state index in [4.69, 9.17) is 0 Å². The third-order valence-electron chi connectivity index (χ3n) is 1.79. The molecule has 0 fully saturated rings. The predicted molar refractivity (Wildman–Crippen MR) is 52.7 cm³/mol. The predicted octanol–water partition coefficient (Wildman–Crippen LogP) is 3.37. The minimum atomic E-state index is 0.282. The van der Waals surface area contributed by atoms with E-state index in [9.17, 15) is 4.79 Å². The Bertz CT molecular complexity index is 236. The van der Waals surface area contributed by atoms with Gasteiger partial charge in [-0.15, -0.1) is 0 Å². The molecule has 0 bridgehead atoms. The van der Waals surface area contributed by atoms with Crippen molar-refractivity contribution in [3.63, 3.8) is 0 Å². The van der Waals surface area contributed by atoms with E-state index >= 15 is 0 Å². The number of carbonyl (C=O) groups is 1. The van der Waals surface area contributed by atoms with Crippen LogP contribution < -0.4 is 0 Å². The van der Waals surface area contributed by atoms with Crippen LogP contribution in [0.1, 0.15) is 37.0 Å². The molecule has 66 valence electrons. The van der Waals surface area contributed by atoms with E-state index in [1.165, 1.54) is 0 Å². The Morgan fingerprint density at radius 1 is 1.58 bits per heavy atom. The third kappa shape index (κ3) is 2.78. The molecule has 0 spiro atoms. The largest absolute Gasteiger partial charge is 0.294 e. The zero-order valence-electron chi connectivity index (χ0n) is 7.54. The van der Waals surface area contributed by atoms with Crippen LogP contribution in [0, 0.1) is 5.92 Å². The van der Waals surface area contributed by atoms with Crippen molar-refractivity contribution in [1.82, 2.24) is 0 Å². The summed E-state index contributed by atoms with van der Waals surface area (Å²) < 4.78 is 0. The normalized spacial score (nSPS) is 10.6. The van der Waals surface area contributed by atoms with Crippen LogP contribution in [-0.4, -0.2) is 5.78 Å². The molecule has 0 aliphatic carbocycles. The molecule has 1 rings (SSSR count). The van der Waals surface area contributed by atoms with Gasteiger partial charge >= 0.3 is 0 Å². The summed E-state index contributed by atoms with van der Waals surface area (Å²) in [7, 11) is 0. The van der Waals surface area contributed by atoms with Gasteiger partial charge in [0.15, 0.2) is 5.78 Å². The van der Waals surface area contributed by atoms with Gasteiger partial charge in [0.05, 0.1) is 0 Å². The second kappa shape index (κ2) is 4.41. The summed E-state index contributed by atoms with van der Waals surface area (Å²) in [5, 5.41) is 3.87. The van der Waals surface area contributed by atoms with Crippen molar-refractivity contribution in [2.45, 2.75) is 26.7 Å². The summed E-state index contributed by atoms with van der Waals surface area (Å²) in [5.41, 5.74) is 0.876. The quantitative estimate of drug-likeness (QED) is 0.652. The number of hydrogen-bond acceptors (Lipinski definition) is 2. The van der Waals surface area contributed by atoms with Crippen LogP contribution in [0.4, 0.5) is 0 Å². The number of thiophene rings is 1. The van der Waals surface area contributed by atoms with Crippen LogP contribution in [-0.2, 0) is 0 Å². The molecule has 0 atom stereocenters. The lowest BCUT2D eigenvalue weighted by atomic mass is 10.0. The molecule has 0 saturated carbocycles. The maximum Gasteiger partial charge on any atom is 0.163 e. The topological polar surface area (TPSA) is 17.1 Å². The highest BCUT2D eigenvalue weighted by molar-refractivity contribution is 7.08. The maximum atomic E-state index is 11.4. The minimum absolute atomic E-state index is 0.282. The van der Waals surface area contributed by atoms with Gasteiger partial charge in [-0.2, -0.15) is 11.3 Å². The molecule has 1 nitrogen and oxygen atoms in total. The van der Waals surface area contributed by atoms with E-state index in [2.05, 4.69) is 13.8 Å². The standard InChI is InChI=1S/C10H14OS/c1-8(2)3-4-10(11)9-5-6-12-7-9/h5-8H,3-4H2,1-2H3. The molecule has 12 heavy (non-hydrogen) atoms. The highest BCUT2D eigenvalue weighted by Crippen LogP contribution is 2.12. The van der Waals surface area contributed by atoms with E-state index in [0.717, 1.165) is 12.0 Å². The third-order valence-corrected chi connectivity index (χ3v) is 2.48. The van der Waals surface area contributed by atoms with Crippen LogP contribution in [0.25, 0.3) is 0 Å². The molecule has 1 heterocycles. The van der Waals surface area contributed by atoms with Crippen molar-refractivity contribution >= 4 is 17.1 Å². The molecule has 0 aliphatic rings. The smallest absolute Gasteiger partial charge is 0.163 e. The number of hydrogen-bond donors (Lipinski definition) is 0. The van der Waals surface area contributed by atoms with Gasteiger partial charge in [0, 0.05) is 17.4 Å². The van der Waals surface area contributed by atoms with Gasteiger partial charge in [-0.1, -0.05) is 13.8 Å². The SMILES string of the molecule is CC(C)CCC(=O)c1ccsc1. The maximum absolute atomic E-state index is 11.4. The molecular formula is C10H14OS. The first-order valence-electron chi connectivity index (χ1n) is 4.25. The van der Waals surface area contributed by atoms with Gasteiger partial charge in [-0.25, -0.2) is 0 Å². The van der Waals surface area contributed by atoms with Crippen molar-refractivity contribution < 1.29 is 4.79 Å². The molecule has 1 aromatic rings. The molecule has 0 amide bonds. The van der Waals surface area contributed by atoms with Gasteiger partial charge in [0.25, 0.3) is 0 Å². The van der Waals surface area contributed by atoms with Crippen LogP contribution in [0.15, 0.2) is 16.8 Å². The molecule has 0 saturated heterocycles. The van der Waals surface area contributed by atoms with Crippen molar-refractivity contribution in [3.8, 4) is 0 Å². The number of ketones is 1. The summed E-state index contributed by atoms with van der Waals surface area (Å²) in [6, 6.07) is 1.90. The van der Waals surface area contributed by atoms with Gasteiger partial charge < -0.3 is 0 Å². The average Bonchev–Trinajstić information content (AvgIpc) is 2.51. The van der Waals surface area contributed by atoms with Gasteiger partial charge in [-0.05, 0) is 23.8 Å². The highest BCUT2D eigenvalue weighted by Gasteiger charge is 2.06. The molecule has 0 radical (unpaired) electrons. The summed E-state index contributed by atoms with van der Waals surface area (Å²) in [6.07, 6.45) is 1.68. The zero-order chi connectivity index (χ0) is 8.97. The number of rotatable bonds is 4. The van der Waals surface area contributed by atoms with Gasteiger partial charge in [0.1, 0.15) is 0 Å². The van der Waals surface area contributed by atoms with Crippen molar-refractivity contribution in [1.29, 1.82) is 0 Å². The molecule has 0 aliphatic heterocycles. The first-order chi connectivity index (χ1) is 5.70. The second-order valence-electron chi connectivity index (χ2n) is 3.37. The van der Waals surface area contributed by atoms with Crippen molar-refractivity contribution in [2.24, 2.45) is 5.92 Å². The first-order valence-corrected chi connectivity index (χ1v) is 5.20. The van der Waals surface area contributed by atoms with Crippen molar-refractivity contribution in [3.05, 3.63) is 22.4 Å². The lowest BCUT2D eigenvalue weighted by Gasteiger charge is -2.01. The molecular weight excluding hydrogens is 168 g/mol. The molecule has 0 aromatic carbocycles. The molecule has 1 aromatic heterocycles. The summed E-state index contributed by atoms with van der Waals surface area (Å²) in [5.74, 6) is 0.900. The molecule has 0 unspecified atom stereocenters. The fourth-order valence-electron chi connectivity index (χ4n) is 0.987. The Labute approximate surface area is 77.4 Å². The highest BCUT2D eigenvalue weighted by atomic mass is 32.1. The van der Waals surface area contributed by atoms with Crippen LogP contribution in [0.2, 0.25) is 0 Å². The van der Waals surface area contributed by atoms with E-state index in [0.29, 0.717) is 12.3 Å². The van der Waals surface area contributed by atoms with Gasteiger partial charge in [0.2, 0.25) is 0 Å². The van der Waals surface area contributed by atoms with E-state index in [1.807, 2.05) is 16.8 Å². The van der Waals surface area contributed by atoms with E-state index in [1.54, 1.807) is 11.3 Å². The lowest BCUT2D eigenvalue weighted by Crippen LogP contribution is -1.99. The number of carbonyl (C=O) groups excluding carboxylic acids is 1. The fourth-order valence-corrected chi connectivity index (χ4v) is 1.65. The zero-order valence-corrected chi connectivity index (χ0v) is 8.36. The van der Waals surface area contributed by atoms with Crippen molar-refractivity contribution in [2.75, 3.05) is 0 Å². The van der Waals surface area contributed by atoms with Crippen LogP contribution in [0.3, 0.4) is 0 Å². The summed E-state index contributed by atoms with van der Waals surface area (Å²) in [4.78, 5) is 11.4. The first kappa shape index (κ1) is 9.46. The van der Waals surface area contributed by atoms with Crippen LogP contribution in [0.5, 0.6) is 0 Å². The van der Waals surface area contributed by atoms with E-state index < -0.39 is 0 Å². The Morgan fingerprint density at radius 3 is 2.83 bits per heavy atom. The summed E-state index contributed by atoms with van der Waals surface area (Å²) in [6.45, 7) is 4.28. The molecule has 0 N–H and O–H groups in total. The average molecular weight is 182 g/mol. The number of Topliss-reactive ketones (excluding diaryl/α,β-unsaturated/α-hetero) is 1. The fraction of sp³-hybridized carbons (Fsp3) is 0.500. The Hall–Kier alpha value is -0.630. The Balaban J connectivity index is 2.40. The second-order valence-corrected chi connectivity index (χ2v) is 4.15. The van der Waals surface area contributed by atoms with E-state index in [-0.39, 0.29) is 5.78 Å². The monoisotopic (exact) mass is 182 g/mol. The van der Waals surface area contributed by atoms with Gasteiger partial charge in [-0.3, -0.25) is 4.79 Å².